The average Bonchev–Trinajstić information content (AvgIpc) is 3.19. The lowest BCUT2D eigenvalue weighted by Gasteiger charge is -2.23. The molecule has 2 rings (SSSR count). The molecule has 0 fully saturated rings. The summed E-state index contributed by atoms with van der Waals surface area (Å²) in [4.78, 5) is 9.26. The van der Waals surface area contributed by atoms with Crippen LogP contribution in [0.2, 0.25) is 0 Å². The molecule has 2 heterocycles. The predicted octanol–water partition coefficient (Wildman–Crippen LogP) is 2.75. The highest BCUT2D eigenvalue weighted by molar-refractivity contribution is 14.0. The Labute approximate surface area is 182 Å². The van der Waals surface area contributed by atoms with Crippen LogP contribution in [0.25, 0.3) is 0 Å². The minimum absolute atomic E-state index is 0. The van der Waals surface area contributed by atoms with E-state index in [9.17, 15) is 5.11 Å². The van der Waals surface area contributed by atoms with Crippen molar-refractivity contribution in [2.24, 2.45) is 12.0 Å². The Morgan fingerprint density at radius 3 is 2.52 bits per heavy atom. The van der Waals surface area contributed by atoms with Gasteiger partial charge < -0.3 is 15.7 Å². The summed E-state index contributed by atoms with van der Waals surface area (Å²) in [6.45, 7) is 11.8. The molecule has 0 aliphatic carbocycles. The number of rotatable bonds is 6. The van der Waals surface area contributed by atoms with Crippen molar-refractivity contribution in [3.63, 3.8) is 0 Å². The van der Waals surface area contributed by atoms with Gasteiger partial charge in [-0.2, -0.15) is 5.10 Å². The van der Waals surface area contributed by atoms with E-state index in [4.69, 9.17) is 0 Å². The summed E-state index contributed by atoms with van der Waals surface area (Å²) < 4.78 is 1.68. The average molecular weight is 506 g/mol. The van der Waals surface area contributed by atoms with Gasteiger partial charge in [0, 0.05) is 36.1 Å². The molecule has 0 amide bonds. The van der Waals surface area contributed by atoms with Crippen LogP contribution >= 0.6 is 35.3 Å². The van der Waals surface area contributed by atoms with Crippen molar-refractivity contribution in [2.45, 2.75) is 52.2 Å². The number of aromatic nitrogens is 3. The maximum atomic E-state index is 10.7. The summed E-state index contributed by atoms with van der Waals surface area (Å²) in [7, 11) is 1.83. The van der Waals surface area contributed by atoms with E-state index in [1.807, 2.05) is 20.2 Å². The second-order valence-electron chi connectivity index (χ2n) is 7.62. The second kappa shape index (κ2) is 9.83. The Balaban J connectivity index is 0.00000364. The van der Waals surface area contributed by atoms with Gasteiger partial charge in [0.05, 0.1) is 30.0 Å². The molecule has 0 radical (unpaired) electrons. The summed E-state index contributed by atoms with van der Waals surface area (Å²) >= 11 is 1.67. The summed E-state index contributed by atoms with van der Waals surface area (Å²) in [6.07, 6.45) is 3.49. The molecule has 2 aromatic heterocycles. The zero-order chi connectivity index (χ0) is 19.4. The molecule has 152 valence electrons. The van der Waals surface area contributed by atoms with Gasteiger partial charge in [-0.05, 0) is 13.8 Å². The fraction of sp³-hybridized carbons (Fsp3) is 0.611. The largest absolute Gasteiger partial charge is 0.383 e. The summed E-state index contributed by atoms with van der Waals surface area (Å²) in [5.41, 5.74) is 0.733. The standard InChI is InChI=1S/C18H30N6OS.HI/c1-7-19-16(20-9-14-11-26-15(23-14)17(2,3)4)21-12-18(5,25)13-8-22-24(6)10-13;/h8,10-11,25H,7,9,12H2,1-6H3,(H2,19,20,21);1H. The molecular weight excluding hydrogens is 475 g/mol. The molecule has 0 saturated heterocycles. The van der Waals surface area contributed by atoms with E-state index in [2.05, 4.69) is 51.9 Å². The monoisotopic (exact) mass is 506 g/mol. The third kappa shape index (κ3) is 7.04. The first-order valence-electron chi connectivity index (χ1n) is 8.80. The van der Waals surface area contributed by atoms with E-state index in [1.54, 1.807) is 29.1 Å². The number of halogens is 1. The highest BCUT2D eigenvalue weighted by Crippen LogP contribution is 2.25. The Morgan fingerprint density at radius 2 is 2.00 bits per heavy atom. The van der Waals surface area contributed by atoms with E-state index in [-0.39, 0.29) is 29.4 Å². The lowest BCUT2D eigenvalue weighted by Crippen LogP contribution is -2.44. The van der Waals surface area contributed by atoms with Gasteiger partial charge in [0.25, 0.3) is 0 Å². The minimum atomic E-state index is -1.04. The number of nitrogens with zero attached hydrogens (tertiary/aromatic N) is 4. The Hall–Kier alpha value is -1.20. The third-order valence-corrected chi connectivity index (χ3v) is 5.18. The van der Waals surface area contributed by atoms with Crippen molar-refractivity contribution < 1.29 is 5.11 Å². The fourth-order valence-electron chi connectivity index (χ4n) is 2.28. The Kier molecular flexibility index (Phi) is 8.68. The molecule has 0 bridgehead atoms. The first-order valence-corrected chi connectivity index (χ1v) is 9.68. The van der Waals surface area contributed by atoms with Crippen LogP contribution in [0, 0.1) is 0 Å². The molecule has 0 aromatic carbocycles. The lowest BCUT2D eigenvalue weighted by molar-refractivity contribution is 0.0616. The first kappa shape index (κ1) is 23.8. The Morgan fingerprint density at radius 1 is 1.30 bits per heavy atom. The van der Waals surface area contributed by atoms with E-state index in [0.717, 1.165) is 22.8 Å². The quantitative estimate of drug-likeness (QED) is 0.319. The maximum Gasteiger partial charge on any atom is 0.191 e. The van der Waals surface area contributed by atoms with Gasteiger partial charge in [0.2, 0.25) is 0 Å². The van der Waals surface area contributed by atoms with Crippen LogP contribution < -0.4 is 10.6 Å². The lowest BCUT2D eigenvalue weighted by atomic mass is 9.98. The SMILES string of the molecule is CCNC(=NCc1csc(C(C)(C)C)n1)NCC(C)(O)c1cnn(C)c1.I. The zero-order valence-electron chi connectivity index (χ0n) is 16.9. The molecule has 3 N–H and O–H groups in total. The van der Waals surface area contributed by atoms with E-state index >= 15 is 0 Å². The number of hydrogen-bond acceptors (Lipinski definition) is 5. The molecule has 1 unspecified atom stereocenters. The van der Waals surface area contributed by atoms with E-state index < -0.39 is 5.60 Å². The van der Waals surface area contributed by atoms with Gasteiger partial charge in [-0.3, -0.25) is 4.68 Å². The van der Waals surface area contributed by atoms with Gasteiger partial charge in [0.1, 0.15) is 5.60 Å². The summed E-state index contributed by atoms with van der Waals surface area (Å²) in [5.74, 6) is 0.655. The molecule has 0 aliphatic heterocycles. The summed E-state index contributed by atoms with van der Waals surface area (Å²) in [6, 6.07) is 0. The molecule has 0 spiro atoms. The maximum absolute atomic E-state index is 10.7. The number of thiazole rings is 1. The van der Waals surface area contributed by atoms with Gasteiger partial charge in [-0.1, -0.05) is 20.8 Å². The summed E-state index contributed by atoms with van der Waals surface area (Å²) in [5, 5.41) is 24.4. The number of guanidine groups is 1. The van der Waals surface area contributed by atoms with Gasteiger partial charge in [-0.15, -0.1) is 35.3 Å². The molecule has 1 atom stereocenters. The number of hydrogen-bond donors (Lipinski definition) is 3. The van der Waals surface area contributed by atoms with Crippen LogP contribution in [0.4, 0.5) is 0 Å². The molecule has 0 saturated carbocycles. The topological polar surface area (TPSA) is 87.4 Å². The highest BCUT2D eigenvalue weighted by atomic mass is 127. The van der Waals surface area contributed by atoms with Crippen molar-refractivity contribution in [2.75, 3.05) is 13.1 Å². The van der Waals surface area contributed by atoms with Crippen molar-refractivity contribution in [3.8, 4) is 0 Å². The van der Waals surface area contributed by atoms with E-state index in [0.29, 0.717) is 19.0 Å². The van der Waals surface area contributed by atoms with Crippen molar-refractivity contribution in [1.29, 1.82) is 0 Å². The van der Waals surface area contributed by atoms with Gasteiger partial charge >= 0.3 is 0 Å². The highest BCUT2D eigenvalue weighted by Gasteiger charge is 2.25. The molecular formula is C18H31IN6OS. The van der Waals surface area contributed by atoms with Crippen LogP contribution in [0.15, 0.2) is 22.8 Å². The minimum Gasteiger partial charge on any atom is -0.383 e. The molecule has 7 nitrogen and oxygen atoms in total. The smallest absolute Gasteiger partial charge is 0.191 e. The first-order chi connectivity index (χ1) is 12.1. The van der Waals surface area contributed by atoms with Crippen molar-refractivity contribution in [1.82, 2.24) is 25.4 Å². The van der Waals surface area contributed by atoms with Gasteiger partial charge in [0.15, 0.2) is 5.96 Å². The number of aliphatic imine (C=N–C) groups is 1. The Bertz CT molecular complexity index is 747. The van der Waals surface area contributed by atoms with Crippen molar-refractivity contribution in [3.05, 3.63) is 34.0 Å². The number of aryl methyl sites for hydroxylation is 1. The van der Waals surface area contributed by atoms with Crippen LogP contribution in [0.3, 0.4) is 0 Å². The van der Waals surface area contributed by atoms with Crippen LogP contribution in [0.1, 0.15) is 50.9 Å². The molecule has 27 heavy (non-hydrogen) atoms. The van der Waals surface area contributed by atoms with E-state index in [1.165, 1.54) is 0 Å². The van der Waals surface area contributed by atoms with Gasteiger partial charge in [-0.25, -0.2) is 9.98 Å². The normalized spacial score (nSPS) is 14.4. The third-order valence-electron chi connectivity index (χ3n) is 3.86. The fourth-order valence-corrected chi connectivity index (χ4v) is 3.18. The number of aliphatic hydroxyl groups is 1. The number of nitrogens with one attached hydrogen (secondary N) is 2. The zero-order valence-corrected chi connectivity index (χ0v) is 20.1. The molecule has 2 aromatic rings. The van der Waals surface area contributed by atoms with Crippen molar-refractivity contribution >= 4 is 41.3 Å². The predicted molar refractivity (Wildman–Crippen MR) is 122 cm³/mol. The van der Waals surface area contributed by atoms with Crippen LogP contribution in [-0.4, -0.2) is 38.9 Å². The van der Waals surface area contributed by atoms with Crippen LogP contribution in [0.5, 0.6) is 0 Å². The molecule has 0 aliphatic rings. The molecule has 9 heteroatoms. The van der Waals surface area contributed by atoms with Crippen LogP contribution in [-0.2, 0) is 24.6 Å². The second-order valence-corrected chi connectivity index (χ2v) is 8.48.